The number of halogens is 6. The molecule has 0 aliphatic heterocycles. The van der Waals surface area contributed by atoms with E-state index in [1.54, 1.807) is 36.4 Å². The summed E-state index contributed by atoms with van der Waals surface area (Å²) in [7, 11) is 0. The van der Waals surface area contributed by atoms with Crippen molar-refractivity contribution in [2.75, 3.05) is 22.1 Å². The number of hydrogen-bond donors (Lipinski definition) is 2. The molecule has 4 aromatic carbocycles. The van der Waals surface area contributed by atoms with Gasteiger partial charge in [-0.2, -0.15) is 26.3 Å². The van der Waals surface area contributed by atoms with Gasteiger partial charge in [-0.05, 0) is 48.5 Å². The molecule has 0 radical (unpaired) electrons. The van der Waals surface area contributed by atoms with Crippen LogP contribution >= 0.6 is 23.5 Å². The van der Waals surface area contributed by atoms with E-state index < -0.39 is 69.3 Å². The number of fused-ring (bicyclic) bond motifs is 2. The Morgan fingerprint density at radius 3 is 1.30 bits per heavy atom. The lowest BCUT2D eigenvalue weighted by Gasteiger charge is -2.17. The third-order valence-electron chi connectivity index (χ3n) is 7.88. The van der Waals surface area contributed by atoms with Gasteiger partial charge < -0.3 is 10.6 Å². The number of hydrogen-bond acceptors (Lipinski definition) is 8. The third kappa shape index (κ3) is 8.60. The molecule has 0 saturated heterocycles. The molecule has 10 nitrogen and oxygen atoms in total. The van der Waals surface area contributed by atoms with E-state index in [4.69, 9.17) is 0 Å². The molecule has 18 heteroatoms. The molecule has 0 saturated carbocycles. The largest absolute Gasteiger partial charge is 0.418 e. The molecule has 2 aromatic heterocycles. The second-order valence-electron chi connectivity index (χ2n) is 11.5. The van der Waals surface area contributed by atoms with Crippen molar-refractivity contribution in [1.29, 1.82) is 0 Å². The van der Waals surface area contributed by atoms with Crippen LogP contribution in [0, 0.1) is 0 Å². The summed E-state index contributed by atoms with van der Waals surface area (Å²) in [6.45, 7) is -0.396. The van der Waals surface area contributed by atoms with Gasteiger partial charge in [0, 0.05) is 13.1 Å². The van der Waals surface area contributed by atoms with Crippen LogP contribution in [0.3, 0.4) is 0 Å². The highest BCUT2D eigenvalue weighted by Gasteiger charge is 2.34. The molecule has 278 valence electrons. The predicted molar refractivity (Wildman–Crippen MR) is 194 cm³/mol. The van der Waals surface area contributed by atoms with Gasteiger partial charge in [-0.3, -0.25) is 28.3 Å². The second kappa shape index (κ2) is 15.8. The van der Waals surface area contributed by atoms with Crippen molar-refractivity contribution in [1.82, 2.24) is 19.1 Å². The molecule has 6 rings (SSSR count). The molecule has 2 heterocycles. The molecule has 0 unspecified atom stereocenters. The zero-order valence-corrected chi connectivity index (χ0v) is 29.2. The Morgan fingerprint density at radius 2 is 0.907 bits per heavy atom. The van der Waals surface area contributed by atoms with E-state index in [-0.39, 0.29) is 34.2 Å². The first-order valence-electron chi connectivity index (χ1n) is 15.9. The average molecular weight is 785 g/mol. The fourth-order valence-electron chi connectivity index (χ4n) is 5.42. The molecule has 0 aliphatic rings. The van der Waals surface area contributed by atoms with Crippen LogP contribution in [0.15, 0.2) is 117 Å². The van der Waals surface area contributed by atoms with Crippen LogP contribution in [0.2, 0.25) is 0 Å². The Balaban J connectivity index is 1.27. The number of thioether (sulfide) groups is 2. The van der Waals surface area contributed by atoms with Gasteiger partial charge in [0.15, 0.2) is 10.3 Å². The zero-order chi connectivity index (χ0) is 38.6. The van der Waals surface area contributed by atoms with Gasteiger partial charge in [-0.25, -0.2) is 9.97 Å². The maximum Gasteiger partial charge on any atom is 0.418 e. The maximum absolute atomic E-state index is 13.8. The van der Waals surface area contributed by atoms with Crippen molar-refractivity contribution in [3.63, 3.8) is 0 Å². The van der Waals surface area contributed by atoms with Crippen LogP contribution < -0.4 is 21.8 Å². The van der Waals surface area contributed by atoms with Gasteiger partial charge in [-0.1, -0.05) is 72.1 Å². The number of benzene rings is 4. The number of carbonyl (C=O) groups is 2. The predicted octanol–water partition coefficient (Wildman–Crippen LogP) is 7.31. The lowest BCUT2D eigenvalue weighted by Crippen LogP contribution is -2.30. The summed E-state index contributed by atoms with van der Waals surface area (Å²) >= 11 is 1.60. The number of alkyl halides is 6. The highest BCUT2D eigenvalue weighted by atomic mass is 32.2. The topological polar surface area (TPSA) is 128 Å². The summed E-state index contributed by atoms with van der Waals surface area (Å²) in [5, 5.41) is 5.04. The normalized spacial score (nSPS) is 11.9. The fraction of sp³-hybridized carbons (Fsp3) is 0.167. The lowest BCUT2D eigenvalue weighted by atomic mass is 10.1. The Kier molecular flexibility index (Phi) is 11.1. The first kappa shape index (κ1) is 38.1. The molecular weight excluding hydrogens is 759 g/mol. The van der Waals surface area contributed by atoms with Gasteiger partial charge in [0.2, 0.25) is 11.8 Å². The van der Waals surface area contributed by atoms with Crippen LogP contribution in [-0.4, -0.2) is 42.4 Å². The van der Waals surface area contributed by atoms with Crippen molar-refractivity contribution in [3.05, 3.63) is 129 Å². The fourth-order valence-corrected chi connectivity index (χ4v) is 7.07. The highest BCUT2D eigenvalue weighted by molar-refractivity contribution is 8.00. The van der Waals surface area contributed by atoms with Crippen LogP contribution in [0.25, 0.3) is 21.8 Å². The van der Waals surface area contributed by atoms with Crippen molar-refractivity contribution < 1.29 is 35.9 Å². The van der Waals surface area contributed by atoms with Gasteiger partial charge >= 0.3 is 12.4 Å². The molecule has 0 aliphatic carbocycles. The van der Waals surface area contributed by atoms with Gasteiger partial charge in [0.1, 0.15) is 0 Å². The van der Waals surface area contributed by atoms with E-state index in [0.717, 1.165) is 47.8 Å². The van der Waals surface area contributed by atoms with E-state index in [9.17, 15) is 45.5 Å². The van der Waals surface area contributed by atoms with E-state index in [2.05, 4.69) is 20.6 Å². The van der Waals surface area contributed by atoms with Gasteiger partial charge in [0.25, 0.3) is 11.1 Å². The Hall–Kier alpha value is -5.62. The number of rotatable bonds is 11. The minimum absolute atomic E-state index is 0.0386. The molecular formula is C36H26F6N6O4S2. The first-order valence-corrected chi connectivity index (χ1v) is 17.8. The molecule has 54 heavy (non-hydrogen) atoms. The summed E-state index contributed by atoms with van der Waals surface area (Å²) < 4.78 is 83.5. The van der Waals surface area contributed by atoms with Crippen LogP contribution in [0.4, 0.5) is 37.7 Å². The molecule has 0 spiro atoms. The van der Waals surface area contributed by atoms with Crippen LogP contribution in [0.1, 0.15) is 11.1 Å². The van der Waals surface area contributed by atoms with Gasteiger partial charge in [-0.15, -0.1) is 0 Å². The minimum atomic E-state index is -4.72. The minimum Gasteiger partial charge on any atom is -0.325 e. The number of anilines is 2. The summed E-state index contributed by atoms with van der Waals surface area (Å²) in [6.07, 6.45) is -9.43. The molecule has 2 amide bonds. The van der Waals surface area contributed by atoms with E-state index >= 15 is 0 Å². The van der Waals surface area contributed by atoms with Crippen molar-refractivity contribution in [2.45, 2.75) is 35.8 Å². The molecule has 6 aromatic rings. The summed E-state index contributed by atoms with van der Waals surface area (Å²) in [5.74, 6) is -2.45. The molecule has 0 bridgehead atoms. The number of para-hydroxylation sites is 4. The Labute approximate surface area is 309 Å². The number of nitrogens with one attached hydrogen (secondary N) is 2. The SMILES string of the molecule is O=C(CSc1nc2ccccc2c(=O)n1CCn1c(SCC(=O)Nc2ccccc2C(F)(F)F)nc2ccccc2c1=O)Nc1ccccc1C(F)(F)F. The number of amides is 2. The second-order valence-corrected chi connectivity index (χ2v) is 13.4. The van der Waals surface area contributed by atoms with E-state index in [0.29, 0.717) is 11.0 Å². The molecule has 2 N–H and O–H groups in total. The average Bonchev–Trinajstić information content (AvgIpc) is 3.13. The quantitative estimate of drug-likeness (QED) is 0.0796. The first-order chi connectivity index (χ1) is 25.7. The maximum atomic E-state index is 13.8. The number of nitrogens with zero attached hydrogens (tertiary/aromatic N) is 4. The Bertz CT molecular complexity index is 2330. The standard InChI is InChI=1S/C36H26F6N6O4S2/c37-35(38,39)23-11-3-7-15-27(23)43-29(49)19-53-33-45-25-13-5-1-9-21(25)31(51)47(33)17-18-48-32(52)22-10-2-6-14-26(22)46-34(48)54-20-30(50)44-28-16-8-4-12-24(28)36(40,41)42/h1-16H,17-20H2,(H,43,49)(H,44,50). The van der Waals surface area contributed by atoms with E-state index in [1.807, 2.05) is 0 Å². The van der Waals surface area contributed by atoms with Crippen LogP contribution in [0.5, 0.6) is 0 Å². The van der Waals surface area contributed by atoms with Crippen molar-refractivity contribution in [2.24, 2.45) is 0 Å². The number of carbonyl (C=O) groups excluding carboxylic acids is 2. The summed E-state index contributed by atoms with van der Waals surface area (Å²) in [5.41, 5.74) is -3.40. The summed E-state index contributed by atoms with van der Waals surface area (Å²) in [6, 6.07) is 21.8. The zero-order valence-electron chi connectivity index (χ0n) is 27.6. The summed E-state index contributed by atoms with van der Waals surface area (Å²) in [4.78, 5) is 62.3. The monoisotopic (exact) mass is 784 g/mol. The number of aromatic nitrogens is 4. The van der Waals surface area contributed by atoms with E-state index in [1.165, 1.54) is 45.5 Å². The lowest BCUT2D eigenvalue weighted by molar-refractivity contribution is -0.137. The van der Waals surface area contributed by atoms with Crippen LogP contribution in [-0.2, 0) is 35.0 Å². The van der Waals surface area contributed by atoms with Crippen molar-refractivity contribution >= 4 is 68.5 Å². The smallest absolute Gasteiger partial charge is 0.325 e. The van der Waals surface area contributed by atoms with Crippen molar-refractivity contribution in [3.8, 4) is 0 Å². The third-order valence-corrected chi connectivity index (χ3v) is 9.83. The molecule has 0 fully saturated rings. The highest BCUT2D eigenvalue weighted by Crippen LogP contribution is 2.36. The van der Waals surface area contributed by atoms with Gasteiger partial charge in [0.05, 0.1) is 55.8 Å². The Morgan fingerprint density at radius 1 is 0.556 bits per heavy atom. The molecule has 0 atom stereocenters.